The molecule has 1 aromatic rings. The highest BCUT2D eigenvalue weighted by Crippen LogP contribution is 2.24. The molecule has 0 radical (unpaired) electrons. The lowest BCUT2D eigenvalue weighted by atomic mass is 10.0. The van der Waals surface area contributed by atoms with Gasteiger partial charge in [-0.25, -0.2) is 0 Å². The van der Waals surface area contributed by atoms with E-state index in [0.29, 0.717) is 19.1 Å². The number of nitrogens with one attached hydrogen (secondary N) is 1. The summed E-state index contributed by atoms with van der Waals surface area (Å²) in [6, 6.07) is 6.43. The molecule has 0 spiro atoms. The maximum absolute atomic E-state index is 5.77. The van der Waals surface area contributed by atoms with E-state index in [2.05, 4.69) is 44.3 Å². The van der Waals surface area contributed by atoms with Crippen molar-refractivity contribution >= 4 is 0 Å². The van der Waals surface area contributed by atoms with Crippen molar-refractivity contribution in [2.75, 3.05) is 26.2 Å². The zero-order valence-corrected chi connectivity index (χ0v) is 11.1. The van der Waals surface area contributed by atoms with Crippen LogP contribution in [0.2, 0.25) is 0 Å². The normalized spacial score (nSPS) is 10.9. The van der Waals surface area contributed by atoms with E-state index >= 15 is 0 Å². The smallest absolute Gasteiger partial charge is 0.122 e. The number of hydrogen-bond acceptors (Lipinski definition) is 3. The van der Waals surface area contributed by atoms with Crippen LogP contribution in [0.1, 0.15) is 30.9 Å². The Hall–Kier alpha value is -1.06. The Balaban J connectivity index is 2.49. The molecular formula is C14H24N2O. The van der Waals surface area contributed by atoms with Gasteiger partial charge < -0.3 is 15.8 Å². The molecule has 0 unspecified atom stereocenters. The van der Waals surface area contributed by atoms with Crippen LogP contribution in [-0.2, 0) is 0 Å². The van der Waals surface area contributed by atoms with E-state index in [9.17, 15) is 0 Å². The van der Waals surface area contributed by atoms with Crippen LogP contribution in [0.25, 0.3) is 0 Å². The molecule has 3 nitrogen and oxygen atoms in total. The molecule has 17 heavy (non-hydrogen) atoms. The van der Waals surface area contributed by atoms with Gasteiger partial charge >= 0.3 is 0 Å². The number of aryl methyl sites for hydroxylation is 1. The van der Waals surface area contributed by atoms with E-state index in [1.54, 1.807) is 0 Å². The number of ether oxygens (including phenoxy) is 1. The zero-order valence-electron chi connectivity index (χ0n) is 11.1. The molecule has 3 N–H and O–H groups in total. The van der Waals surface area contributed by atoms with Gasteiger partial charge in [-0.15, -0.1) is 0 Å². The monoisotopic (exact) mass is 236 g/mol. The summed E-state index contributed by atoms with van der Waals surface area (Å²) in [5, 5.41) is 3.21. The van der Waals surface area contributed by atoms with E-state index < -0.39 is 0 Å². The Labute approximate surface area is 104 Å². The van der Waals surface area contributed by atoms with Crippen molar-refractivity contribution in [2.24, 2.45) is 5.73 Å². The van der Waals surface area contributed by atoms with Gasteiger partial charge in [-0.3, -0.25) is 0 Å². The quantitative estimate of drug-likeness (QED) is 0.712. The fourth-order valence-electron chi connectivity index (χ4n) is 1.59. The third-order valence-corrected chi connectivity index (χ3v) is 2.74. The maximum Gasteiger partial charge on any atom is 0.122 e. The van der Waals surface area contributed by atoms with Crippen molar-refractivity contribution in [1.82, 2.24) is 5.32 Å². The van der Waals surface area contributed by atoms with Gasteiger partial charge in [0, 0.05) is 19.6 Å². The summed E-state index contributed by atoms with van der Waals surface area (Å²) in [4.78, 5) is 0. The van der Waals surface area contributed by atoms with Crippen LogP contribution in [0.5, 0.6) is 5.75 Å². The highest BCUT2D eigenvalue weighted by atomic mass is 16.5. The number of rotatable bonds is 7. The second-order valence-electron chi connectivity index (χ2n) is 4.57. The van der Waals surface area contributed by atoms with Crippen LogP contribution in [0, 0.1) is 6.92 Å². The van der Waals surface area contributed by atoms with Gasteiger partial charge in [0.15, 0.2) is 0 Å². The minimum atomic E-state index is 0.535. The first kappa shape index (κ1) is 14.0. The average Bonchev–Trinajstić information content (AvgIpc) is 2.30. The molecule has 0 bridgehead atoms. The van der Waals surface area contributed by atoms with E-state index in [-0.39, 0.29) is 0 Å². The van der Waals surface area contributed by atoms with Gasteiger partial charge in [-0.05, 0) is 30.0 Å². The molecule has 96 valence electrons. The van der Waals surface area contributed by atoms with E-state index in [4.69, 9.17) is 10.5 Å². The largest absolute Gasteiger partial charge is 0.492 e. The molecule has 0 aliphatic rings. The molecular weight excluding hydrogens is 212 g/mol. The second-order valence-corrected chi connectivity index (χ2v) is 4.57. The van der Waals surface area contributed by atoms with Crippen LogP contribution in [0.4, 0.5) is 0 Å². The highest BCUT2D eigenvalue weighted by molar-refractivity contribution is 5.37. The highest BCUT2D eigenvalue weighted by Gasteiger charge is 2.04. The van der Waals surface area contributed by atoms with Crippen molar-refractivity contribution in [3.63, 3.8) is 0 Å². The third kappa shape index (κ3) is 4.75. The third-order valence-electron chi connectivity index (χ3n) is 2.74. The van der Waals surface area contributed by atoms with Gasteiger partial charge in [0.05, 0.1) is 0 Å². The lowest BCUT2D eigenvalue weighted by Crippen LogP contribution is -2.26. The van der Waals surface area contributed by atoms with Gasteiger partial charge in [-0.2, -0.15) is 0 Å². The predicted molar refractivity (Wildman–Crippen MR) is 72.7 cm³/mol. The molecule has 0 saturated heterocycles. The molecule has 3 heteroatoms. The Morgan fingerprint density at radius 3 is 2.71 bits per heavy atom. The lowest BCUT2D eigenvalue weighted by Gasteiger charge is -2.13. The standard InChI is InChI=1S/C14H24N2O/c1-11(2)13-5-4-12(3)14(10-13)17-9-8-16-7-6-15/h4-5,10-11,16H,6-9,15H2,1-3H3. The van der Waals surface area contributed by atoms with Crippen molar-refractivity contribution in [2.45, 2.75) is 26.7 Å². The van der Waals surface area contributed by atoms with Crippen LogP contribution in [0.15, 0.2) is 18.2 Å². The molecule has 0 atom stereocenters. The summed E-state index contributed by atoms with van der Waals surface area (Å²) in [5.41, 5.74) is 7.90. The summed E-state index contributed by atoms with van der Waals surface area (Å²) in [6.45, 7) is 9.49. The average molecular weight is 236 g/mol. The topological polar surface area (TPSA) is 47.3 Å². The molecule has 1 rings (SSSR count). The number of nitrogens with two attached hydrogens (primary N) is 1. The fraction of sp³-hybridized carbons (Fsp3) is 0.571. The van der Waals surface area contributed by atoms with Crippen molar-refractivity contribution in [1.29, 1.82) is 0 Å². The molecule has 0 fully saturated rings. The molecule has 1 aromatic carbocycles. The van der Waals surface area contributed by atoms with Gasteiger partial charge in [-0.1, -0.05) is 26.0 Å². The Morgan fingerprint density at radius 1 is 1.29 bits per heavy atom. The molecule has 0 aromatic heterocycles. The van der Waals surface area contributed by atoms with Gasteiger partial charge in [0.2, 0.25) is 0 Å². The first-order valence-electron chi connectivity index (χ1n) is 6.29. The van der Waals surface area contributed by atoms with Crippen LogP contribution < -0.4 is 15.8 Å². The lowest BCUT2D eigenvalue weighted by molar-refractivity contribution is 0.312. The fourth-order valence-corrected chi connectivity index (χ4v) is 1.59. The van der Waals surface area contributed by atoms with Crippen molar-refractivity contribution < 1.29 is 4.74 Å². The van der Waals surface area contributed by atoms with Gasteiger partial charge in [0.25, 0.3) is 0 Å². The molecule has 0 amide bonds. The van der Waals surface area contributed by atoms with E-state index in [1.807, 2.05) is 0 Å². The Morgan fingerprint density at radius 2 is 2.06 bits per heavy atom. The summed E-state index contributed by atoms with van der Waals surface area (Å²) in [6.07, 6.45) is 0. The zero-order chi connectivity index (χ0) is 12.7. The Kier molecular flexibility index (Phi) is 6.01. The van der Waals surface area contributed by atoms with Crippen LogP contribution in [-0.4, -0.2) is 26.2 Å². The minimum Gasteiger partial charge on any atom is -0.492 e. The SMILES string of the molecule is Cc1ccc(C(C)C)cc1OCCNCCN. The summed E-state index contributed by atoms with van der Waals surface area (Å²) < 4.78 is 5.77. The Bertz CT molecular complexity index is 337. The van der Waals surface area contributed by atoms with Crippen LogP contribution in [0.3, 0.4) is 0 Å². The molecule has 0 aliphatic heterocycles. The first-order chi connectivity index (χ1) is 8.15. The van der Waals surface area contributed by atoms with E-state index in [0.717, 1.165) is 18.8 Å². The summed E-state index contributed by atoms with van der Waals surface area (Å²) in [5.74, 6) is 1.53. The summed E-state index contributed by atoms with van der Waals surface area (Å²) >= 11 is 0. The minimum absolute atomic E-state index is 0.535. The van der Waals surface area contributed by atoms with E-state index in [1.165, 1.54) is 11.1 Å². The predicted octanol–water partition coefficient (Wildman–Crippen LogP) is 2.05. The first-order valence-corrected chi connectivity index (χ1v) is 6.29. The second kappa shape index (κ2) is 7.30. The maximum atomic E-state index is 5.77. The molecule has 0 aliphatic carbocycles. The van der Waals surface area contributed by atoms with Crippen molar-refractivity contribution in [3.05, 3.63) is 29.3 Å². The number of benzene rings is 1. The van der Waals surface area contributed by atoms with Gasteiger partial charge in [0.1, 0.15) is 12.4 Å². The van der Waals surface area contributed by atoms with Crippen LogP contribution >= 0.6 is 0 Å². The molecule has 0 heterocycles. The number of hydrogen-bond donors (Lipinski definition) is 2. The molecule has 0 saturated carbocycles. The van der Waals surface area contributed by atoms with Crippen molar-refractivity contribution in [3.8, 4) is 5.75 Å². The summed E-state index contributed by atoms with van der Waals surface area (Å²) in [7, 11) is 0.